The number of nitrogens with zero attached hydrogens (tertiary/aromatic N) is 2. The van der Waals surface area contributed by atoms with Gasteiger partial charge in [0.25, 0.3) is 0 Å². The molecule has 0 spiro atoms. The molecule has 0 saturated carbocycles. The van der Waals surface area contributed by atoms with E-state index in [9.17, 15) is 4.39 Å². The van der Waals surface area contributed by atoms with Crippen molar-refractivity contribution < 1.29 is 4.39 Å². The summed E-state index contributed by atoms with van der Waals surface area (Å²) in [6, 6.07) is 8.98. The fourth-order valence-corrected chi connectivity index (χ4v) is 2.01. The highest BCUT2D eigenvalue weighted by atomic mass is 19.1. The van der Waals surface area contributed by atoms with Crippen LogP contribution in [0.25, 0.3) is 0 Å². The Kier molecular flexibility index (Phi) is 2.98. The van der Waals surface area contributed by atoms with E-state index in [1.165, 1.54) is 6.07 Å². The maximum atomic E-state index is 13.4. The van der Waals surface area contributed by atoms with Gasteiger partial charge in [0.1, 0.15) is 5.82 Å². The van der Waals surface area contributed by atoms with Crippen LogP contribution >= 0.6 is 0 Å². The van der Waals surface area contributed by atoms with Crippen molar-refractivity contribution in [3.05, 3.63) is 35.6 Å². The fourth-order valence-electron chi connectivity index (χ4n) is 2.01. The summed E-state index contributed by atoms with van der Waals surface area (Å²) in [7, 11) is 0. The van der Waals surface area contributed by atoms with Crippen LogP contribution in [-0.2, 0) is 6.54 Å². The van der Waals surface area contributed by atoms with Crippen LogP contribution in [0.4, 0.5) is 4.39 Å². The molecule has 0 aliphatic carbocycles. The van der Waals surface area contributed by atoms with Gasteiger partial charge in [-0.15, -0.1) is 0 Å². The van der Waals surface area contributed by atoms with Gasteiger partial charge in [0.2, 0.25) is 0 Å². The Labute approximate surface area is 88.9 Å². The molecule has 0 N–H and O–H groups in total. The zero-order valence-electron chi connectivity index (χ0n) is 8.49. The molecule has 78 valence electrons. The predicted molar refractivity (Wildman–Crippen MR) is 55.4 cm³/mol. The molecule has 1 unspecified atom stereocenters. The van der Waals surface area contributed by atoms with Crippen LogP contribution in [0.2, 0.25) is 0 Å². The van der Waals surface area contributed by atoms with Crippen molar-refractivity contribution in [3.63, 3.8) is 0 Å². The summed E-state index contributed by atoms with van der Waals surface area (Å²) in [6.07, 6.45) is 1.94. The Morgan fingerprint density at radius 2 is 2.27 bits per heavy atom. The third-order valence-corrected chi connectivity index (χ3v) is 2.84. The number of likely N-dealkylation sites (tertiary alicyclic amines) is 1. The van der Waals surface area contributed by atoms with Gasteiger partial charge in [0, 0.05) is 12.1 Å². The first-order valence-electron chi connectivity index (χ1n) is 5.18. The van der Waals surface area contributed by atoms with Gasteiger partial charge >= 0.3 is 0 Å². The van der Waals surface area contributed by atoms with Gasteiger partial charge in [0.05, 0.1) is 12.1 Å². The summed E-state index contributed by atoms with van der Waals surface area (Å²) >= 11 is 0. The van der Waals surface area contributed by atoms with Crippen LogP contribution < -0.4 is 0 Å². The highest BCUT2D eigenvalue weighted by molar-refractivity contribution is 5.17. The second-order valence-corrected chi connectivity index (χ2v) is 3.85. The van der Waals surface area contributed by atoms with Gasteiger partial charge in [-0.3, -0.25) is 4.90 Å². The van der Waals surface area contributed by atoms with E-state index < -0.39 is 0 Å². The Hall–Kier alpha value is -1.40. The molecule has 1 saturated heterocycles. The van der Waals surface area contributed by atoms with Gasteiger partial charge in [-0.1, -0.05) is 18.2 Å². The van der Waals surface area contributed by atoms with Gasteiger partial charge in [-0.05, 0) is 25.5 Å². The Bertz CT molecular complexity index is 383. The van der Waals surface area contributed by atoms with Crippen LogP contribution in [0.1, 0.15) is 18.4 Å². The van der Waals surface area contributed by atoms with E-state index in [-0.39, 0.29) is 11.9 Å². The van der Waals surface area contributed by atoms with Crippen LogP contribution in [0.3, 0.4) is 0 Å². The average molecular weight is 204 g/mol. The van der Waals surface area contributed by atoms with Crippen molar-refractivity contribution in [1.82, 2.24) is 4.90 Å². The molecule has 2 rings (SSSR count). The molecule has 1 aliphatic rings. The zero-order valence-corrected chi connectivity index (χ0v) is 8.49. The summed E-state index contributed by atoms with van der Waals surface area (Å²) < 4.78 is 13.4. The highest BCUT2D eigenvalue weighted by Crippen LogP contribution is 2.20. The predicted octanol–water partition coefficient (Wildman–Crippen LogP) is 2.31. The molecule has 15 heavy (non-hydrogen) atoms. The second kappa shape index (κ2) is 4.41. The first-order valence-corrected chi connectivity index (χ1v) is 5.18. The molecule has 1 fully saturated rings. The molecule has 0 radical (unpaired) electrons. The number of benzene rings is 1. The minimum Gasteiger partial charge on any atom is -0.284 e. The van der Waals surface area contributed by atoms with Crippen LogP contribution in [-0.4, -0.2) is 17.5 Å². The normalized spacial score (nSPS) is 21.5. The minimum atomic E-state index is -0.180. The average Bonchev–Trinajstić information content (AvgIpc) is 2.69. The SMILES string of the molecule is N#CC1CCCN1Cc1ccccc1F. The number of nitriles is 1. The largest absolute Gasteiger partial charge is 0.284 e. The van der Waals surface area contributed by atoms with Crippen molar-refractivity contribution in [2.75, 3.05) is 6.54 Å². The fraction of sp³-hybridized carbons (Fsp3) is 0.417. The molecular weight excluding hydrogens is 191 g/mol. The Morgan fingerprint density at radius 3 is 3.00 bits per heavy atom. The molecule has 0 bridgehead atoms. The lowest BCUT2D eigenvalue weighted by Crippen LogP contribution is -2.27. The quantitative estimate of drug-likeness (QED) is 0.739. The molecule has 1 heterocycles. The molecule has 0 aromatic heterocycles. The first-order chi connectivity index (χ1) is 7.31. The number of hydrogen-bond acceptors (Lipinski definition) is 2. The Balaban J connectivity index is 2.09. The topological polar surface area (TPSA) is 27.0 Å². The molecule has 0 amide bonds. The monoisotopic (exact) mass is 204 g/mol. The summed E-state index contributed by atoms with van der Waals surface area (Å²) in [5, 5.41) is 8.90. The molecule has 3 heteroatoms. The molecular formula is C12H13FN2. The molecule has 2 nitrogen and oxygen atoms in total. The van der Waals surface area contributed by atoms with Gasteiger partial charge in [-0.25, -0.2) is 4.39 Å². The summed E-state index contributed by atoms with van der Waals surface area (Å²) in [6.45, 7) is 1.44. The standard InChI is InChI=1S/C12H13FN2/c13-12-6-2-1-4-10(12)9-15-7-3-5-11(15)8-14/h1-2,4,6,11H,3,5,7,9H2. The van der Waals surface area contributed by atoms with Crippen LogP contribution in [0.5, 0.6) is 0 Å². The van der Waals surface area contributed by atoms with E-state index in [2.05, 4.69) is 6.07 Å². The first kappa shape index (κ1) is 10.1. The lowest BCUT2D eigenvalue weighted by Gasteiger charge is -2.19. The lowest BCUT2D eigenvalue weighted by atomic mass is 10.2. The van der Waals surface area contributed by atoms with Crippen molar-refractivity contribution in [1.29, 1.82) is 5.26 Å². The van der Waals surface area contributed by atoms with Crippen molar-refractivity contribution >= 4 is 0 Å². The minimum absolute atomic E-state index is 0.0374. The maximum Gasteiger partial charge on any atom is 0.127 e. The van der Waals surface area contributed by atoms with Crippen LogP contribution in [0.15, 0.2) is 24.3 Å². The van der Waals surface area contributed by atoms with Gasteiger partial charge in [0.15, 0.2) is 0 Å². The number of halogens is 1. The van der Waals surface area contributed by atoms with E-state index >= 15 is 0 Å². The third kappa shape index (κ3) is 2.16. The van der Waals surface area contributed by atoms with E-state index in [0.717, 1.165) is 19.4 Å². The number of rotatable bonds is 2. The molecule has 1 aromatic rings. The van der Waals surface area contributed by atoms with E-state index in [1.807, 2.05) is 11.0 Å². The van der Waals surface area contributed by atoms with Gasteiger partial charge in [-0.2, -0.15) is 5.26 Å². The summed E-state index contributed by atoms with van der Waals surface area (Å²) in [5.74, 6) is -0.180. The smallest absolute Gasteiger partial charge is 0.127 e. The zero-order chi connectivity index (χ0) is 10.7. The van der Waals surface area contributed by atoms with Crippen molar-refractivity contribution in [2.45, 2.75) is 25.4 Å². The number of hydrogen-bond donors (Lipinski definition) is 0. The summed E-state index contributed by atoms with van der Waals surface area (Å²) in [4.78, 5) is 2.04. The summed E-state index contributed by atoms with van der Waals surface area (Å²) in [5.41, 5.74) is 0.680. The second-order valence-electron chi connectivity index (χ2n) is 3.85. The highest BCUT2D eigenvalue weighted by Gasteiger charge is 2.24. The molecule has 1 atom stereocenters. The van der Waals surface area contributed by atoms with Crippen molar-refractivity contribution in [2.24, 2.45) is 0 Å². The van der Waals surface area contributed by atoms with Crippen LogP contribution in [0, 0.1) is 17.1 Å². The molecule has 1 aromatic carbocycles. The molecule has 1 aliphatic heterocycles. The lowest BCUT2D eigenvalue weighted by molar-refractivity contribution is 0.282. The maximum absolute atomic E-state index is 13.4. The van der Waals surface area contributed by atoms with Crippen molar-refractivity contribution in [3.8, 4) is 6.07 Å². The van der Waals surface area contributed by atoms with E-state index in [4.69, 9.17) is 5.26 Å². The third-order valence-electron chi connectivity index (χ3n) is 2.84. The van der Waals surface area contributed by atoms with E-state index in [0.29, 0.717) is 12.1 Å². The Morgan fingerprint density at radius 1 is 1.47 bits per heavy atom. The van der Waals surface area contributed by atoms with Gasteiger partial charge < -0.3 is 0 Å². The van der Waals surface area contributed by atoms with E-state index in [1.54, 1.807) is 12.1 Å².